The molecule has 6 heterocycles. The van der Waals surface area contributed by atoms with Crippen molar-refractivity contribution in [2.45, 2.75) is 169 Å². The summed E-state index contributed by atoms with van der Waals surface area (Å²) in [4.78, 5) is 63.9. The Kier molecular flexibility index (Phi) is 16.5. The maximum atomic E-state index is 13.0. The zero-order chi connectivity index (χ0) is 50.5. The summed E-state index contributed by atoms with van der Waals surface area (Å²) in [6, 6.07) is 9.76. The fraction of sp³-hybridized carbons (Fsp3) is 0.593. The van der Waals surface area contributed by atoms with E-state index in [1.54, 1.807) is 55.8 Å². The molecule has 4 aromatic rings. The minimum atomic E-state index is -1.000. The Labute approximate surface area is 418 Å². The fourth-order valence-electron chi connectivity index (χ4n) is 9.84. The number of methoxy groups -OCH3 is 4. The van der Waals surface area contributed by atoms with Crippen molar-refractivity contribution < 1.29 is 62.2 Å². The quantitative estimate of drug-likeness (QED) is 0.142. The molecule has 390 valence electrons. The molecule has 5 atom stereocenters. The van der Waals surface area contributed by atoms with Crippen LogP contribution >= 0.6 is 0 Å². The Morgan fingerprint density at radius 2 is 1.10 bits per heavy atom. The molecule has 4 aliphatic heterocycles. The number of benzene rings is 2. The van der Waals surface area contributed by atoms with E-state index in [9.17, 15) is 24.3 Å². The third-order valence-corrected chi connectivity index (χ3v) is 13.0. The number of carbonyl (C=O) groups is 4. The number of aliphatic hydroxyl groups is 1. The predicted octanol–water partition coefficient (Wildman–Crippen LogP) is 9.99. The maximum absolute atomic E-state index is 13.0. The first kappa shape index (κ1) is 55.8. The fourth-order valence-corrected chi connectivity index (χ4v) is 9.84. The summed E-state index contributed by atoms with van der Waals surface area (Å²) in [5.74, 6) is 1.77. The minimum Gasteiger partial charge on any atom is -0.497 e. The van der Waals surface area contributed by atoms with E-state index in [0.29, 0.717) is 35.6 Å². The van der Waals surface area contributed by atoms with E-state index < -0.39 is 64.7 Å². The number of likely N-dealkylation sites (tertiary alicyclic amines) is 2. The number of esters is 2. The smallest absolute Gasteiger partial charge is 0.411 e. The van der Waals surface area contributed by atoms with Crippen LogP contribution in [0.1, 0.15) is 150 Å². The van der Waals surface area contributed by atoms with Crippen LogP contribution in [0.15, 0.2) is 36.4 Å². The Morgan fingerprint density at radius 3 is 1.56 bits per heavy atom. The van der Waals surface area contributed by atoms with E-state index in [-0.39, 0.29) is 52.6 Å². The van der Waals surface area contributed by atoms with E-state index in [4.69, 9.17) is 47.9 Å². The first-order valence-electron chi connectivity index (χ1n) is 23.6. The summed E-state index contributed by atoms with van der Waals surface area (Å²) in [7, 11) is 5.85. The zero-order valence-corrected chi connectivity index (χ0v) is 42.4. The second-order valence-electron chi connectivity index (χ2n) is 21.1. The molecule has 2 amide bonds. The number of amides is 2. The van der Waals surface area contributed by atoms with Gasteiger partial charge in [0, 0.05) is 41.2 Å². The van der Waals surface area contributed by atoms with Crippen molar-refractivity contribution in [1.82, 2.24) is 19.8 Å². The molecular weight excluding hydrogens is 913 g/mol. The van der Waals surface area contributed by atoms with Crippen LogP contribution in [0.5, 0.6) is 23.0 Å². The zero-order valence-electron chi connectivity index (χ0n) is 42.4. The molecule has 2 spiro atoms. The minimum absolute atomic E-state index is 0. The number of hydrogen-bond acceptors (Lipinski definition) is 15. The van der Waals surface area contributed by atoms with Gasteiger partial charge < -0.3 is 43.0 Å². The van der Waals surface area contributed by atoms with Crippen LogP contribution in [-0.4, -0.2) is 125 Å². The van der Waals surface area contributed by atoms with Crippen LogP contribution in [-0.2, 0) is 35.0 Å². The number of aryl methyl sites for hydroxylation is 1. The second kappa shape index (κ2) is 20.9. The van der Waals surface area contributed by atoms with Gasteiger partial charge in [-0.2, -0.15) is 0 Å². The molecule has 2 aromatic heterocycles. The molecule has 0 aliphatic carbocycles. The molecule has 3 unspecified atom stereocenters. The maximum Gasteiger partial charge on any atom is 0.411 e. The highest BCUT2D eigenvalue weighted by atomic mass is 16.6. The van der Waals surface area contributed by atoms with E-state index in [0.717, 1.165) is 51.0 Å². The largest absolute Gasteiger partial charge is 0.497 e. The molecule has 2 fully saturated rings. The second-order valence-corrected chi connectivity index (χ2v) is 21.1. The van der Waals surface area contributed by atoms with Crippen molar-refractivity contribution in [3.05, 3.63) is 58.9 Å². The molecule has 4 aliphatic rings. The summed E-state index contributed by atoms with van der Waals surface area (Å²) in [5, 5.41) is 13.2. The van der Waals surface area contributed by atoms with Crippen LogP contribution in [0, 0.1) is 0 Å². The lowest BCUT2D eigenvalue weighted by atomic mass is 9.84. The number of carbonyl (C=O) groups excluding carboxylic acids is 4. The number of hydrogen-bond donors (Lipinski definition) is 1. The summed E-state index contributed by atoms with van der Waals surface area (Å²) < 4.78 is 45.4. The van der Waals surface area contributed by atoms with Gasteiger partial charge in [-0.3, -0.25) is 9.80 Å². The van der Waals surface area contributed by atoms with Gasteiger partial charge >= 0.3 is 24.1 Å². The Bertz CT molecular complexity index is 2640. The Hall–Kier alpha value is -6.10. The third kappa shape index (κ3) is 11.3. The Morgan fingerprint density at radius 1 is 0.662 bits per heavy atom. The van der Waals surface area contributed by atoms with Crippen LogP contribution in [0.3, 0.4) is 0 Å². The first-order chi connectivity index (χ1) is 32.3. The van der Waals surface area contributed by atoms with E-state index in [2.05, 4.69) is 13.8 Å². The highest BCUT2D eigenvalue weighted by Gasteiger charge is 2.56. The number of fused-ring (bicyclic) bond motifs is 6. The standard InChI is InChI=1S/C26H34N2O7.C26H34N2O6.2CH4/c1-14(2)21-22-20(16-10-15(32-6)8-9-17(16)27-21)19(29)12-26(34-22)11-18(23(30)33-7)28(13-26)24(31)35-25(3,4)5;1-15(2)21-22-17(18-12-16(31-6)8-9-19(18)27-21)10-11-26(33-22)13-20(23(29)32-7)28(14-26)24(30)34-25(3,4)5;;/h8-10,14,18-19,29H,11-13H2,1-7H3;8-9,12,15,20H,10-11,13-14H2,1-7H3;2*1H4/t18-,19?,26?;20-,26?;;/m00../s1. The highest BCUT2D eigenvalue weighted by molar-refractivity contribution is 5.89. The van der Waals surface area contributed by atoms with Gasteiger partial charge in [0.2, 0.25) is 0 Å². The third-order valence-electron chi connectivity index (χ3n) is 13.0. The van der Waals surface area contributed by atoms with Crippen molar-refractivity contribution >= 4 is 45.9 Å². The highest BCUT2D eigenvalue weighted by Crippen LogP contribution is 2.51. The van der Waals surface area contributed by atoms with E-state index >= 15 is 0 Å². The van der Waals surface area contributed by atoms with Gasteiger partial charge in [-0.15, -0.1) is 0 Å². The molecule has 2 saturated heterocycles. The average molecular weight is 989 g/mol. The van der Waals surface area contributed by atoms with Gasteiger partial charge in [0.05, 0.1) is 70.1 Å². The van der Waals surface area contributed by atoms with Gasteiger partial charge in [0.25, 0.3) is 0 Å². The van der Waals surface area contributed by atoms with Gasteiger partial charge in [-0.05, 0) is 103 Å². The lowest BCUT2D eigenvalue weighted by Gasteiger charge is -2.39. The number of aromatic nitrogens is 2. The van der Waals surface area contributed by atoms with E-state index in [1.165, 1.54) is 24.0 Å². The van der Waals surface area contributed by atoms with Gasteiger partial charge in [-0.1, -0.05) is 42.5 Å². The van der Waals surface area contributed by atoms with Crippen LogP contribution < -0.4 is 18.9 Å². The molecular formula is C54H76N4O13. The van der Waals surface area contributed by atoms with Crippen molar-refractivity contribution in [2.24, 2.45) is 0 Å². The number of pyridine rings is 2. The van der Waals surface area contributed by atoms with Gasteiger partial charge in [-0.25, -0.2) is 29.1 Å². The molecule has 1 N–H and O–H groups in total. The summed E-state index contributed by atoms with van der Waals surface area (Å²) in [6.07, 6.45) is 0.0257. The van der Waals surface area contributed by atoms with E-state index in [1.807, 2.05) is 50.2 Å². The van der Waals surface area contributed by atoms with Crippen molar-refractivity contribution in [2.75, 3.05) is 41.5 Å². The average Bonchev–Trinajstić information content (AvgIpc) is 3.84. The van der Waals surface area contributed by atoms with Gasteiger partial charge in [0.1, 0.15) is 57.5 Å². The summed E-state index contributed by atoms with van der Waals surface area (Å²) >= 11 is 0. The molecule has 71 heavy (non-hydrogen) atoms. The predicted molar refractivity (Wildman–Crippen MR) is 270 cm³/mol. The molecule has 0 bridgehead atoms. The SMILES string of the molecule is C.C.COC(=O)[C@@H]1CC2(CC(O)c3c(c(C(C)C)nc4ccc(OC)cc34)O2)CN1C(=O)OC(C)(C)C.COC(=O)[C@@H]1CC2(CCc3c(c(C(C)C)nc4ccc(OC)cc34)O2)CN1C(=O)OC(C)(C)C. The van der Waals surface area contributed by atoms with Crippen LogP contribution in [0.4, 0.5) is 9.59 Å². The topological polar surface area (TPSA) is 195 Å². The molecule has 2 aromatic carbocycles. The van der Waals surface area contributed by atoms with Crippen molar-refractivity contribution in [3.63, 3.8) is 0 Å². The Balaban J connectivity index is 0.000000257. The number of rotatable bonds is 6. The molecule has 17 heteroatoms. The van der Waals surface area contributed by atoms with Gasteiger partial charge in [0.15, 0.2) is 0 Å². The summed E-state index contributed by atoms with van der Waals surface area (Å²) in [6.45, 7) is 19.2. The monoisotopic (exact) mass is 989 g/mol. The van der Waals surface area contributed by atoms with Crippen LogP contribution in [0.25, 0.3) is 21.8 Å². The molecule has 0 radical (unpaired) electrons. The number of aliphatic hydroxyl groups excluding tert-OH is 1. The molecule has 8 rings (SSSR count). The normalized spacial score (nSPS) is 22.3. The van der Waals surface area contributed by atoms with Crippen LogP contribution in [0.2, 0.25) is 0 Å². The number of ether oxygens (including phenoxy) is 8. The number of nitrogens with zero attached hydrogens (tertiary/aromatic N) is 4. The first-order valence-corrected chi connectivity index (χ1v) is 23.6. The summed E-state index contributed by atoms with van der Waals surface area (Å²) in [5.41, 5.74) is 1.81. The van der Waals surface area contributed by atoms with Crippen molar-refractivity contribution in [3.8, 4) is 23.0 Å². The van der Waals surface area contributed by atoms with Crippen molar-refractivity contribution in [1.29, 1.82) is 0 Å². The molecule has 17 nitrogen and oxygen atoms in total. The lowest BCUT2D eigenvalue weighted by molar-refractivity contribution is -0.146. The lowest BCUT2D eigenvalue weighted by Crippen LogP contribution is -2.46. The molecule has 0 saturated carbocycles.